The number of rotatable bonds is 7. The van der Waals surface area contributed by atoms with E-state index in [0.29, 0.717) is 5.41 Å². The Balaban J connectivity index is 1.63. The van der Waals surface area contributed by atoms with E-state index in [1.807, 2.05) is 0 Å². The molecule has 0 aromatic heterocycles. The van der Waals surface area contributed by atoms with E-state index < -0.39 is 0 Å². The number of nitrogens with one attached hydrogen (secondary N) is 1. The van der Waals surface area contributed by atoms with E-state index in [1.54, 1.807) is 0 Å². The molecule has 0 aromatic rings. The monoisotopic (exact) mass is 238 g/mol. The first-order chi connectivity index (χ1) is 8.29. The summed E-state index contributed by atoms with van der Waals surface area (Å²) in [6, 6.07) is 0.841. The normalized spacial score (nSPS) is 31.4. The van der Waals surface area contributed by atoms with Crippen LogP contribution in [0.5, 0.6) is 0 Å². The Hall–Kier alpha value is -0.0800. The molecule has 0 bridgehead atoms. The molecule has 0 spiro atoms. The maximum absolute atomic E-state index is 6.02. The largest absolute Gasteiger partial charge is 0.330 e. The van der Waals surface area contributed by atoms with Crippen LogP contribution in [-0.2, 0) is 0 Å². The molecule has 2 rings (SSSR count). The third kappa shape index (κ3) is 3.69. The fraction of sp³-hybridized carbons (Fsp3) is 1.00. The highest BCUT2D eigenvalue weighted by atomic mass is 15.0. The lowest BCUT2D eigenvalue weighted by Gasteiger charge is -2.36. The van der Waals surface area contributed by atoms with Crippen LogP contribution in [0.25, 0.3) is 0 Å². The standard InChI is InChI=1S/C15H30N2/c1-2-6-13-11-14(13)17-10-9-15(12-16)7-4-3-5-8-15/h13-14,17H,2-12,16H2,1H3. The third-order valence-electron chi connectivity index (χ3n) is 4.99. The van der Waals surface area contributed by atoms with Gasteiger partial charge in [0, 0.05) is 6.04 Å². The van der Waals surface area contributed by atoms with Gasteiger partial charge in [0.2, 0.25) is 0 Å². The average molecular weight is 238 g/mol. The van der Waals surface area contributed by atoms with Crippen LogP contribution >= 0.6 is 0 Å². The second-order valence-electron chi connectivity index (χ2n) is 6.36. The minimum Gasteiger partial charge on any atom is -0.330 e. The Morgan fingerprint density at radius 1 is 1.24 bits per heavy atom. The maximum atomic E-state index is 6.02. The Morgan fingerprint density at radius 3 is 2.65 bits per heavy atom. The van der Waals surface area contributed by atoms with Gasteiger partial charge in [-0.2, -0.15) is 0 Å². The van der Waals surface area contributed by atoms with Crippen LogP contribution in [0.4, 0.5) is 0 Å². The van der Waals surface area contributed by atoms with Crippen LogP contribution in [0.2, 0.25) is 0 Å². The van der Waals surface area contributed by atoms with Gasteiger partial charge in [0.15, 0.2) is 0 Å². The summed E-state index contributed by atoms with van der Waals surface area (Å²) >= 11 is 0. The smallest absolute Gasteiger partial charge is 0.00991 e. The molecule has 2 aliphatic rings. The third-order valence-corrected chi connectivity index (χ3v) is 4.99. The number of hydrogen-bond donors (Lipinski definition) is 2. The highest BCUT2D eigenvalue weighted by molar-refractivity contribution is 4.93. The van der Waals surface area contributed by atoms with Gasteiger partial charge in [-0.3, -0.25) is 0 Å². The molecule has 0 aliphatic heterocycles. The molecule has 100 valence electrons. The molecule has 2 fully saturated rings. The van der Waals surface area contributed by atoms with E-state index in [1.165, 1.54) is 64.3 Å². The van der Waals surface area contributed by atoms with E-state index >= 15 is 0 Å². The zero-order valence-corrected chi connectivity index (χ0v) is 11.5. The Morgan fingerprint density at radius 2 is 2.00 bits per heavy atom. The number of nitrogens with two attached hydrogens (primary N) is 1. The second kappa shape index (κ2) is 6.19. The van der Waals surface area contributed by atoms with Gasteiger partial charge < -0.3 is 11.1 Å². The van der Waals surface area contributed by atoms with Crippen molar-refractivity contribution in [1.82, 2.24) is 5.32 Å². The summed E-state index contributed by atoms with van der Waals surface area (Å²) in [5.41, 5.74) is 6.50. The lowest BCUT2D eigenvalue weighted by atomic mass is 9.72. The first-order valence-corrected chi connectivity index (χ1v) is 7.73. The molecule has 0 heterocycles. The summed E-state index contributed by atoms with van der Waals surface area (Å²) in [6.07, 6.45) is 12.5. The van der Waals surface area contributed by atoms with Crippen LogP contribution < -0.4 is 11.1 Å². The van der Waals surface area contributed by atoms with Gasteiger partial charge in [-0.15, -0.1) is 0 Å². The highest BCUT2D eigenvalue weighted by Gasteiger charge is 2.36. The van der Waals surface area contributed by atoms with Gasteiger partial charge in [-0.25, -0.2) is 0 Å². The summed E-state index contributed by atoms with van der Waals surface area (Å²) < 4.78 is 0. The van der Waals surface area contributed by atoms with Crippen LogP contribution in [0.15, 0.2) is 0 Å². The minimum atomic E-state index is 0.487. The molecule has 0 aromatic carbocycles. The zero-order chi connectivity index (χ0) is 12.1. The quantitative estimate of drug-likeness (QED) is 0.715. The van der Waals surface area contributed by atoms with Crippen molar-refractivity contribution < 1.29 is 0 Å². The van der Waals surface area contributed by atoms with Gasteiger partial charge in [-0.05, 0) is 56.5 Å². The van der Waals surface area contributed by atoms with Crippen molar-refractivity contribution in [2.45, 2.75) is 70.8 Å². The lowest BCUT2D eigenvalue weighted by molar-refractivity contribution is 0.180. The fourth-order valence-electron chi connectivity index (χ4n) is 3.57. The SMILES string of the molecule is CCCC1CC1NCCC1(CN)CCCCC1. The summed E-state index contributed by atoms with van der Waals surface area (Å²) in [5, 5.41) is 3.74. The van der Waals surface area contributed by atoms with Gasteiger partial charge in [0.25, 0.3) is 0 Å². The molecule has 2 atom stereocenters. The molecule has 3 N–H and O–H groups in total. The first kappa shape index (κ1) is 13.4. The molecule has 0 saturated heterocycles. The fourth-order valence-corrected chi connectivity index (χ4v) is 3.57. The Labute approximate surface area is 107 Å². The van der Waals surface area contributed by atoms with Crippen molar-refractivity contribution in [3.8, 4) is 0 Å². The van der Waals surface area contributed by atoms with Gasteiger partial charge in [-0.1, -0.05) is 32.6 Å². The predicted molar refractivity (Wildman–Crippen MR) is 74.0 cm³/mol. The van der Waals surface area contributed by atoms with Crippen molar-refractivity contribution in [3.05, 3.63) is 0 Å². The predicted octanol–water partition coefficient (Wildman–Crippen LogP) is 3.06. The maximum Gasteiger partial charge on any atom is 0.00991 e. The van der Waals surface area contributed by atoms with Crippen molar-refractivity contribution in [1.29, 1.82) is 0 Å². The topological polar surface area (TPSA) is 38.0 Å². The van der Waals surface area contributed by atoms with Gasteiger partial charge in [0.1, 0.15) is 0 Å². The molecule has 2 unspecified atom stereocenters. The summed E-state index contributed by atoms with van der Waals surface area (Å²) in [6.45, 7) is 4.39. The first-order valence-electron chi connectivity index (χ1n) is 7.73. The van der Waals surface area contributed by atoms with E-state index in [0.717, 1.165) is 18.5 Å². The summed E-state index contributed by atoms with van der Waals surface area (Å²) in [7, 11) is 0. The molecule has 2 heteroatoms. The average Bonchev–Trinajstić information content (AvgIpc) is 3.09. The van der Waals surface area contributed by atoms with Crippen LogP contribution in [0, 0.1) is 11.3 Å². The molecular formula is C15H30N2. The number of hydrogen-bond acceptors (Lipinski definition) is 2. The van der Waals surface area contributed by atoms with E-state index in [-0.39, 0.29) is 0 Å². The second-order valence-corrected chi connectivity index (χ2v) is 6.36. The van der Waals surface area contributed by atoms with Crippen LogP contribution in [0.3, 0.4) is 0 Å². The Bertz CT molecular complexity index is 221. The van der Waals surface area contributed by atoms with E-state index in [9.17, 15) is 0 Å². The van der Waals surface area contributed by atoms with Crippen LogP contribution in [0.1, 0.15) is 64.7 Å². The molecule has 2 aliphatic carbocycles. The van der Waals surface area contributed by atoms with Crippen molar-refractivity contribution in [3.63, 3.8) is 0 Å². The molecule has 17 heavy (non-hydrogen) atoms. The van der Waals surface area contributed by atoms with E-state index in [2.05, 4.69) is 12.2 Å². The molecular weight excluding hydrogens is 208 g/mol. The minimum absolute atomic E-state index is 0.487. The van der Waals surface area contributed by atoms with Gasteiger partial charge in [0.05, 0.1) is 0 Å². The molecule has 0 radical (unpaired) electrons. The van der Waals surface area contributed by atoms with Crippen molar-refractivity contribution in [2.75, 3.05) is 13.1 Å². The Kier molecular flexibility index (Phi) is 4.87. The summed E-state index contributed by atoms with van der Waals surface area (Å²) in [5.74, 6) is 0.986. The molecule has 2 nitrogen and oxygen atoms in total. The highest BCUT2D eigenvalue weighted by Crippen LogP contribution is 2.39. The zero-order valence-electron chi connectivity index (χ0n) is 11.5. The van der Waals surface area contributed by atoms with Gasteiger partial charge >= 0.3 is 0 Å². The molecule has 2 saturated carbocycles. The summed E-state index contributed by atoms with van der Waals surface area (Å²) in [4.78, 5) is 0. The van der Waals surface area contributed by atoms with Crippen molar-refractivity contribution in [2.24, 2.45) is 17.1 Å². The lowest BCUT2D eigenvalue weighted by Crippen LogP contribution is -2.36. The van der Waals surface area contributed by atoms with Crippen molar-refractivity contribution >= 4 is 0 Å². The van der Waals surface area contributed by atoms with E-state index in [4.69, 9.17) is 5.73 Å². The van der Waals surface area contributed by atoms with Crippen LogP contribution in [-0.4, -0.2) is 19.1 Å². The molecule has 0 amide bonds.